The molecule has 0 spiro atoms. The highest BCUT2D eigenvalue weighted by atomic mass is 16.5. The molecule has 1 N–H and O–H groups in total. The van der Waals surface area contributed by atoms with Crippen LogP contribution in [0.4, 0.5) is 0 Å². The Hall–Kier alpha value is -3.20. The number of benzene rings is 1. The Bertz CT molecular complexity index is 919. The molecule has 3 aromatic rings. The molecule has 1 aromatic carbocycles. The molecule has 154 valence electrons. The molecule has 0 aliphatic rings. The second-order valence-electron chi connectivity index (χ2n) is 6.63. The summed E-state index contributed by atoms with van der Waals surface area (Å²) < 4.78 is 12.3. The van der Waals surface area contributed by atoms with Gasteiger partial charge < -0.3 is 23.8 Å². The number of ether oxygens (including phenoxy) is 1. The van der Waals surface area contributed by atoms with Crippen LogP contribution in [0.2, 0.25) is 0 Å². The quantitative estimate of drug-likeness (QED) is 0.554. The van der Waals surface area contributed by atoms with E-state index in [2.05, 4.69) is 15.1 Å². The zero-order valence-corrected chi connectivity index (χ0v) is 16.6. The van der Waals surface area contributed by atoms with Gasteiger partial charge in [0, 0.05) is 38.2 Å². The van der Waals surface area contributed by atoms with Gasteiger partial charge in [-0.15, -0.1) is 0 Å². The van der Waals surface area contributed by atoms with Crippen molar-refractivity contribution in [1.82, 2.24) is 24.6 Å². The molecular formula is C20H25N5O4. The van der Waals surface area contributed by atoms with E-state index in [1.54, 1.807) is 24.5 Å². The summed E-state index contributed by atoms with van der Waals surface area (Å²) in [7, 11) is 3.49. The van der Waals surface area contributed by atoms with Gasteiger partial charge in [0.25, 0.3) is 0 Å². The number of hydrogen-bond acceptors (Lipinski definition) is 7. The number of aromatic nitrogens is 4. The summed E-state index contributed by atoms with van der Waals surface area (Å²) in [5.74, 6) is 1.72. The van der Waals surface area contributed by atoms with Gasteiger partial charge in [0.2, 0.25) is 17.6 Å². The van der Waals surface area contributed by atoms with Gasteiger partial charge in [-0.1, -0.05) is 5.16 Å². The van der Waals surface area contributed by atoms with E-state index >= 15 is 0 Å². The first-order valence-corrected chi connectivity index (χ1v) is 9.41. The molecule has 0 saturated carbocycles. The maximum Gasteiger partial charge on any atom is 0.226 e. The third-order valence-electron chi connectivity index (χ3n) is 4.59. The van der Waals surface area contributed by atoms with E-state index < -0.39 is 0 Å². The van der Waals surface area contributed by atoms with E-state index in [1.165, 1.54) is 0 Å². The van der Waals surface area contributed by atoms with Crippen LogP contribution in [-0.2, 0) is 24.8 Å². The molecule has 9 heteroatoms. The van der Waals surface area contributed by atoms with Gasteiger partial charge in [-0.2, -0.15) is 4.98 Å². The molecule has 1 amide bonds. The minimum absolute atomic E-state index is 0.0323. The van der Waals surface area contributed by atoms with Crippen molar-refractivity contribution in [2.45, 2.75) is 25.8 Å². The Morgan fingerprint density at radius 1 is 1.31 bits per heavy atom. The van der Waals surface area contributed by atoms with Crippen molar-refractivity contribution in [1.29, 1.82) is 0 Å². The standard InChI is InChI=1S/C20H25N5O4/c1-24-14-21-12-16(24)13-25(10-11-26)19(27)5-3-4-18-22-20(23-29-18)15-6-8-17(28-2)9-7-15/h6-9,12,14,26H,3-5,10-11,13H2,1-2H3. The molecular weight excluding hydrogens is 374 g/mol. The average molecular weight is 399 g/mol. The molecule has 0 radical (unpaired) electrons. The third-order valence-corrected chi connectivity index (χ3v) is 4.59. The van der Waals surface area contributed by atoms with Crippen molar-refractivity contribution < 1.29 is 19.2 Å². The number of aryl methyl sites for hydroxylation is 2. The van der Waals surface area contributed by atoms with Crippen molar-refractivity contribution in [3.8, 4) is 17.1 Å². The van der Waals surface area contributed by atoms with Crippen LogP contribution in [0.15, 0.2) is 41.3 Å². The number of carbonyl (C=O) groups excluding carboxylic acids is 1. The van der Waals surface area contributed by atoms with Gasteiger partial charge in [0.05, 0.1) is 32.3 Å². The molecule has 0 atom stereocenters. The maximum atomic E-state index is 12.6. The molecule has 2 heterocycles. The van der Waals surface area contributed by atoms with Gasteiger partial charge in [0.15, 0.2) is 0 Å². The number of rotatable bonds is 10. The maximum absolute atomic E-state index is 12.6. The minimum atomic E-state index is -0.0848. The number of nitrogens with zero attached hydrogens (tertiary/aromatic N) is 5. The predicted octanol–water partition coefficient (Wildman–Crippen LogP) is 1.82. The van der Waals surface area contributed by atoms with Crippen molar-refractivity contribution in [3.63, 3.8) is 0 Å². The minimum Gasteiger partial charge on any atom is -0.497 e. The highest BCUT2D eigenvalue weighted by molar-refractivity contribution is 5.76. The lowest BCUT2D eigenvalue weighted by Crippen LogP contribution is -2.33. The fraction of sp³-hybridized carbons (Fsp3) is 0.400. The molecule has 0 unspecified atom stereocenters. The Balaban J connectivity index is 1.52. The second kappa shape index (κ2) is 9.83. The fourth-order valence-electron chi connectivity index (χ4n) is 2.91. The topological polar surface area (TPSA) is 107 Å². The number of hydrogen-bond donors (Lipinski definition) is 1. The van der Waals surface area contributed by atoms with Crippen molar-refractivity contribution in [2.75, 3.05) is 20.3 Å². The highest BCUT2D eigenvalue weighted by Gasteiger charge is 2.16. The van der Waals surface area contributed by atoms with Gasteiger partial charge in [-0.3, -0.25) is 4.79 Å². The van der Waals surface area contributed by atoms with Crippen LogP contribution in [-0.4, -0.2) is 55.9 Å². The van der Waals surface area contributed by atoms with Gasteiger partial charge >= 0.3 is 0 Å². The van der Waals surface area contributed by atoms with E-state index in [9.17, 15) is 9.90 Å². The molecule has 0 fully saturated rings. The van der Waals surface area contributed by atoms with E-state index in [4.69, 9.17) is 9.26 Å². The largest absolute Gasteiger partial charge is 0.497 e. The van der Waals surface area contributed by atoms with E-state index in [0.717, 1.165) is 17.0 Å². The van der Waals surface area contributed by atoms with Crippen LogP contribution in [0.3, 0.4) is 0 Å². The number of amides is 1. The summed E-state index contributed by atoms with van der Waals surface area (Å²) in [5, 5.41) is 13.3. The van der Waals surface area contributed by atoms with Crippen molar-refractivity contribution >= 4 is 5.91 Å². The van der Waals surface area contributed by atoms with Crippen LogP contribution < -0.4 is 4.74 Å². The summed E-state index contributed by atoms with van der Waals surface area (Å²) >= 11 is 0. The number of aliphatic hydroxyl groups excluding tert-OH is 1. The van der Waals surface area contributed by atoms with Gasteiger partial charge in [-0.25, -0.2) is 4.98 Å². The molecule has 9 nitrogen and oxygen atoms in total. The summed E-state index contributed by atoms with van der Waals surface area (Å²) in [4.78, 5) is 22.6. The zero-order valence-electron chi connectivity index (χ0n) is 16.6. The smallest absolute Gasteiger partial charge is 0.226 e. The summed E-state index contributed by atoms with van der Waals surface area (Å²) in [6.45, 7) is 0.614. The summed E-state index contributed by atoms with van der Waals surface area (Å²) in [6.07, 6.45) is 4.83. The summed E-state index contributed by atoms with van der Waals surface area (Å²) in [5.41, 5.74) is 1.75. The molecule has 0 aliphatic carbocycles. The molecule has 0 bridgehead atoms. The Morgan fingerprint density at radius 2 is 2.10 bits per heavy atom. The predicted molar refractivity (Wildman–Crippen MR) is 105 cm³/mol. The van der Waals surface area contributed by atoms with Crippen LogP contribution in [0.1, 0.15) is 24.4 Å². The first-order chi connectivity index (χ1) is 14.1. The first kappa shape index (κ1) is 20.5. The molecule has 0 saturated heterocycles. The van der Waals surface area contributed by atoms with Crippen LogP contribution in [0, 0.1) is 0 Å². The van der Waals surface area contributed by atoms with Crippen LogP contribution >= 0.6 is 0 Å². The Kier molecular flexibility index (Phi) is 6.96. The van der Waals surface area contributed by atoms with E-state index in [-0.39, 0.29) is 19.1 Å². The third kappa shape index (κ3) is 5.41. The number of imidazole rings is 1. The van der Waals surface area contributed by atoms with Crippen molar-refractivity contribution in [3.05, 3.63) is 48.4 Å². The van der Waals surface area contributed by atoms with Crippen molar-refractivity contribution in [2.24, 2.45) is 7.05 Å². The first-order valence-electron chi connectivity index (χ1n) is 9.41. The molecule has 2 aromatic heterocycles. The lowest BCUT2D eigenvalue weighted by Gasteiger charge is -2.21. The molecule has 3 rings (SSSR count). The van der Waals surface area contributed by atoms with E-state index in [0.29, 0.717) is 37.5 Å². The lowest BCUT2D eigenvalue weighted by atomic mass is 10.2. The normalized spacial score (nSPS) is 10.9. The highest BCUT2D eigenvalue weighted by Crippen LogP contribution is 2.20. The van der Waals surface area contributed by atoms with E-state index in [1.807, 2.05) is 35.9 Å². The zero-order chi connectivity index (χ0) is 20.6. The Morgan fingerprint density at radius 3 is 2.76 bits per heavy atom. The second-order valence-corrected chi connectivity index (χ2v) is 6.63. The average Bonchev–Trinajstić information content (AvgIpc) is 3.37. The number of carbonyl (C=O) groups is 1. The van der Waals surface area contributed by atoms with Crippen LogP contribution in [0.5, 0.6) is 5.75 Å². The SMILES string of the molecule is COc1ccc(-c2noc(CCCC(=O)N(CCO)Cc3cncn3C)n2)cc1. The fourth-order valence-corrected chi connectivity index (χ4v) is 2.91. The van der Waals surface area contributed by atoms with Gasteiger partial charge in [-0.05, 0) is 30.7 Å². The number of aliphatic hydroxyl groups is 1. The van der Waals surface area contributed by atoms with Gasteiger partial charge in [0.1, 0.15) is 5.75 Å². The Labute approximate surface area is 168 Å². The monoisotopic (exact) mass is 399 g/mol. The molecule has 0 aliphatic heterocycles. The number of methoxy groups -OCH3 is 1. The van der Waals surface area contributed by atoms with Crippen LogP contribution in [0.25, 0.3) is 11.4 Å². The summed E-state index contributed by atoms with van der Waals surface area (Å²) in [6, 6.07) is 7.40. The lowest BCUT2D eigenvalue weighted by molar-refractivity contribution is -0.132. The molecule has 29 heavy (non-hydrogen) atoms.